The van der Waals surface area contributed by atoms with Crippen molar-refractivity contribution in [2.45, 2.75) is 18.9 Å². The lowest BCUT2D eigenvalue weighted by molar-refractivity contribution is -0.119. The molecule has 1 aromatic heterocycles. The van der Waals surface area contributed by atoms with Crippen molar-refractivity contribution in [1.29, 1.82) is 0 Å². The predicted octanol–water partition coefficient (Wildman–Crippen LogP) is 5.41. The number of aromatic nitrogens is 2. The van der Waals surface area contributed by atoms with Crippen molar-refractivity contribution in [3.05, 3.63) is 63.1 Å². The molecular formula is C20H15Cl3N4O2S. The lowest BCUT2D eigenvalue weighted by atomic mass is 10.1. The molecule has 154 valence electrons. The van der Waals surface area contributed by atoms with Gasteiger partial charge in [-0.3, -0.25) is 14.9 Å². The Kier molecular flexibility index (Phi) is 6.24. The minimum atomic E-state index is -0.588. The van der Waals surface area contributed by atoms with E-state index in [4.69, 9.17) is 34.8 Å². The molecule has 2 amide bonds. The van der Waals surface area contributed by atoms with Gasteiger partial charge in [0.1, 0.15) is 11.0 Å². The van der Waals surface area contributed by atoms with Crippen LogP contribution in [-0.4, -0.2) is 39.5 Å². The highest BCUT2D eigenvalue weighted by atomic mass is 35.5. The van der Waals surface area contributed by atoms with Crippen molar-refractivity contribution in [2.24, 2.45) is 0 Å². The third-order valence-corrected chi connectivity index (χ3v) is 6.61. The van der Waals surface area contributed by atoms with Crippen LogP contribution in [0.15, 0.2) is 42.5 Å². The average molecular weight is 482 g/mol. The maximum atomic E-state index is 12.9. The van der Waals surface area contributed by atoms with Gasteiger partial charge in [-0.25, -0.2) is 0 Å². The van der Waals surface area contributed by atoms with Crippen LogP contribution in [0.2, 0.25) is 15.1 Å². The van der Waals surface area contributed by atoms with Crippen molar-refractivity contribution in [2.75, 3.05) is 11.9 Å². The first-order valence-electron chi connectivity index (χ1n) is 9.09. The number of carbonyl (C=O) groups is 2. The predicted molar refractivity (Wildman–Crippen MR) is 120 cm³/mol. The van der Waals surface area contributed by atoms with Gasteiger partial charge in [0.25, 0.3) is 5.91 Å². The molecule has 2 aromatic carbocycles. The molecule has 1 atom stereocenters. The van der Waals surface area contributed by atoms with E-state index in [1.165, 1.54) is 17.4 Å². The van der Waals surface area contributed by atoms with Crippen LogP contribution >= 0.6 is 46.1 Å². The van der Waals surface area contributed by atoms with E-state index in [1.807, 2.05) is 12.1 Å². The summed E-state index contributed by atoms with van der Waals surface area (Å²) in [6.07, 6.45) is 1.30. The number of benzene rings is 2. The number of nitrogens with one attached hydrogen (secondary N) is 1. The molecule has 3 aromatic rings. The summed E-state index contributed by atoms with van der Waals surface area (Å²) in [4.78, 5) is 27.3. The molecule has 0 bridgehead atoms. The molecule has 0 aliphatic carbocycles. The Morgan fingerprint density at radius 3 is 2.53 bits per heavy atom. The zero-order chi connectivity index (χ0) is 21.3. The second-order valence-corrected chi connectivity index (χ2v) is 8.92. The van der Waals surface area contributed by atoms with Crippen LogP contribution in [0.1, 0.15) is 23.2 Å². The Morgan fingerprint density at radius 1 is 1.03 bits per heavy atom. The minimum Gasteiger partial charge on any atom is -0.327 e. The molecule has 4 rings (SSSR count). The highest BCUT2D eigenvalue weighted by molar-refractivity contribution is 7.18. The van der Waals surface area contributed by atoms with Gasteiger partial charge < -0.3 is 4.90 Å². The van der Waals surface area contributed by atoms with E-state index in [2.05, 4.69) is 15.5 Å². The first-order chi connectivity index (χ1) is 14.4. The Labute approximate surface area is 191 Å². The molecule has 1 fully saturated rings. The van der Waals surface area contributed by atoms with E-state index in [9.17, 15) is 9.59 Å². The zero-order valence-corrected chi connectivity index (χ0v) is 18.5. The number of halogens is 3. The number of amides is 2. The summed E-state index contributed by atoms with van der Waals surface area (Å²) in [6, 6.07) is 11.3. The molecule has 0 spiro atoms. The average Bonchev–Trinajstić information content (AvgIpc) is 3.40. The number of carbonyl (C=O) groups excluding carboxylic acids is 2. The molecule has 30 heavy (non-hydrogen) atoms. The van der Waals surface area contributed by atoms with Crippen LogP contribution in [0.5, 0.6) is 0 Å². The molecule has 0 saturated carbocycles. The van der Waals surface area contributed by atoms with E-state index in [0.29, 0.717) is 43.7 Å². The number of nitrogens with zero attached hydrogens (tertiary/aromatic N) is 3. The number of hydrogen-bond acceptors (Lipinski definition) is 5. The van der Waals surface area contributed by atoms with Gasteiger partial charge >= 0.3 is 0 Å². The van der Waals surface area contributed by atoms with Gasteiger partial charge in [-0.1, -0.05) is 58.3 Å². The van der Waals surface area contributed by atoms with E-state index >= 15 is 0 Å². The van der Waals surface area contributed by atoms with Crippen LogP contribution in [0.3, 0.4) is 0 Å². The van der Waals surface area contributed by atoms with Gasteiger partial charge in [0.2, 0.25) is 11.0 Å². The third kappa shape index (κ3) is 4.44. The van der Waals surface area contributed by atoms with Gasteiger partial charge in [0.05, 0.1) is 10.0 Å². The molecule has 1 aliphatic heterocycles. The van der Waals surface area contributed by atoms with Crippen LogP contribution in [-0.2, 0) is 4.79 Å². The Balaban J connectivity index is 1.47. The van der Waals surface area contributed by atoms with Crippen molar-refractivity contribution in [1.82, 2.24) is 15.1 Å². The molecule has 1 saturated heterocycles. The summed E-state index contributed by atoms with van der Waals surface area (Å²) < 4.78 is 0. The monoisotopic (exact) mass is 480 g/mol. The minimum absolute atomic E-state index is 0.259. The molecular weight excluding hydrogens is 467 g/mol. The summed E-state index contributed by atoms with van der Waals surface area (Å²) in [7, 11) is 0. The standard InChI is InChI=1S/C20H15Cl3N4O2S/c21-13-6-3-11(4-7-13)18-25-26-20(30-18)24-17(28)16-2-1-9-27(16)19(29)12-5-8-14(22)15(23)10-12/h3-8,10,16H,1-2,9H2,(H,24,26,28). The highest BCUT2D eigenvalue weighted by Crippen LogP contribution is 2.29. The van der Waals surface area contributed by atoms with Gasteiger partial charge in [-0.05, 0) is 43.2 Å². The molecule has 6 nitrogen and oxygen atoms in total. The number of hydrogen-bond donors (Lipinski definition) is 1. The quantitative estimate of drug-likeness (QED) is 0.541. The third-order valence-electron chi connectivity index (χ3n) is 4.73. The van der Waals surface area contributed by atoms with Crippen LogP contribution in [0, 0.1) is 0 Å². The normalized spacial score (nSPS) is 16.0. The second kappa shape index (κ2) is 8.89. The summed E-state index contributed by atoms with van der Waals surface area (Å²) in [5, 5.41) is 13.3. The fourth-order valence-corrected chi connectivity index (χ4v) is 4.42. The van der Waals surface area contributed by atoms with Crippen LogP contribution in [0.4, 0.5) is 5.13 Å². The highest BCUT2D eigenvalue weighted by Gasteiger charge is 2.35. The maximum absolute atomic E-state index is 12.9. The van der Waals surface area contributed by atoms with Gasteiger partial charge in [-0.2, -0.15) is 0 Å². The summed E-state index contributed by atoms with van der Waals surface area (Å²) >= 11 is 19.1. The van der Waals surface area contributed by atoms with E-state index in [1.54, 1.807) is 29.2 Å². The van der Waals surface area contributed by atoms with Crippen molar-refractivity contribution in [3.8, 4) is 10.6 Å². The Bertz CT molecular complexity index is 1100. The number of rotatable bonds is 4. The first kappa shape index (κ1) is 21.1. The second-order valence-electron chi connectivity index (χ2n) is 6.69. The lowest BCUT2D eigenvalue weighted by Gasteiger charge is -2.23. The van der Waals surface area contributed by atoms with Gasteiger partial charge in [0, 0.05) is 22.7 Å². The van der Waals surface area contributed by atoms with Crippen molar-refractivity contribution in [3.63, 3.8) is 0 Å². The molecule has 2 heterocycles. The zero-order valence-electron chi connectivity index (χ0n) is 15.4. The van der Waals surface area contributed by atoms with Crippen LogP contribution < -0.4 is 5.32 Å². The SMILES string of the molecule is O=C(Nc1nnc(-c2ccc(Cl)cc2)s1)C1CCCN1C(=O)c1ccc(Cl)c(Cl)c1. The topological polar surface area (TPSA) is 75.2 Å². The molecule has 1 aliphatic rings. The summed E-state index contributed by atoms with van der Waals surface area (Å²) in [6.45, 7) is 0.489. The fourth-order valence-electron chi connectivity index (χ4n) is 3.25. The summed E-state index contributed by atoms with van der Waals surface area (Å²) in [5.74, 6) is -0.551. The number of likely N-dealkylation sites (tertiary alicyclic amines) is 1. The maximum Gasteiger partial charge on any atom is 0.254 e. The van der Waals surface area contributed by atoms with Crippen LogP contribution in [0.25, 0.3) is 10.6 Å². The largest absolute Gasteiger partial charge is 0.327 e. The van der Waals surface area contributed by atoms with Crippen molar-refractivity contribution < 1.29 is 9.59 Å². The molecule has 1 N–H and O–H groups in total. The van der Waals surface area contributed by atoms with E-state index in [0.717, 1.165) is 12.0 Å². The summed E-state index contributed by atoms with van der Waals surface area (Å²) in [5.41, 5.74) is 1.25. The molecule has 10 heteroatoms. The first-order valence-corrected chi connectivity index (χ1v) is 11.0. The molecule has 0 radical (unpaired) electrons. The van der Waals surface area contributed by atoms with E-state index in [-0.39, 0.29) is 11.8 Å². The van der Waals surface area contributed by atoms with Gasteiger partial charge in [0.15, 0.2) is 0 Å². The Morgan fingerprint density at radius 2 is 1.80 bits per heavy atom. The fraction of sp³-hybridized carbons (Fsp3) is 0.200. The Hall–Kier alpha value is -2.19. The lowest BCUT2D eigenvalue weighted by Crippen LogP contribution is -2.43. The molecule has 1 unspecified atom stereocenters. The van der Waals surface area contributed by atoms with Gasteiger partial charge in [-0.15, -0.1) is 10.2 Å². The van der Waals surface area contributed by atoms with Crippen molar-refractivity contribution >= 4 is 63.1 Å². The number of anilines is 1. The van der Waals surface area contributed by atoms with E-state index < -0.39 is 6.04 Å². The smallest absolute Gasteiger partial charge is 0.254 e.